The number of benzene rings is 2. The zero-order valence-electron chi connectivity index (χ0n) is 13.3. The Morgan fingerprint density at radius 2 is 1.70 bits per heavy atom. The van der Waals surface area contributed by atoms with Crippen molar-refractivity contribution in [2.45, 2.75) is 32.5 Å². The third-order valence-electron chi connectivity index (χ3n) is 3.64. The molecule has 122 valence electrons. The van der Waals surface area contributed by atoms with Crippen LogP contribution >= 0.6 is 0 Å². The average Bonchev–Trinajstić information content (AvgIpc) is 2.54. The van der Waals surface area contributed by atoms with Crippen LogP contribution in [-0.2, 0) is 6.54 Å². The molecule has 0 heterocycles. The van der Waals surface area contributed by atoms with Gasteiger partial charge in [0.1, 0.15) is 5.75 Å². The van der Waals surface area contributed by atoms with Gasteiger partial charge >= 0.3 is 6.03 Å². The summed E-state index contributed by atoms with van der Waals surface area (Å²) in [7, 11) is 0. The fraction of sp³-hybridized carbons (Fsp3) is 0.278. The lowest BCUT2D eigenvalue weighted by atomic mass is 10.0. The Hall–Kier alpha value is -2.53. The number of aromatic hydroxyl groups is 1. The van der Waals surface area contributed by atoms with E-state index < -0.39 is 12.1 Å². The number of nitrogens with one attached hydrogen (secondary N) is 2. The van der Waals surface area contributed by atoms with Gasteiger partial charge in [-0.05, 0) is 37.1 Å². The molecular weight excluding hydrogens is 292 g/mol. The molecular formula is C18H22N2O3. The highest BCUT2D eigenvalue weighted by Gasteiger charge is 2.18. The van der Waals surface area contributed by atoms with E-state index in [1.54, 1.807) is 19.1 Å². The van der Waals surface area contributed by atoms with Crippen molar-refractivity contribution in [3.05, 3.63) is 65.2 Å². The van der Waals surface area contributed by atoms with Crippen molar-refractivity contribution < 1.29 is 15.0 Å². The number of aryl methyl sites for hydroxylation is 1. The van der Waals surface area contributed by atoms with Crippen LogP contribution in [0.1, 0.15) is 29.7 Å². The Kier molecular flexibility index (Phi) is 5.60. The fourth-order valence-corrected chi connectivity index (χ4v) is 2.19. The summed E-state index contributed by atoms with van der Waals surface area (Å²) >= 11 is 0. The van der Waals surface area contributed by atoms with Crippen LogP contribution in [0.3, 0.4) is 0 Å². The molecule has 0 aliphatic carbocycles. The van der Waals surface area contributed by atoms with E-state index in [2.05, 4.69) is 10.6 Å². The molecule has 2 amide bonds. The first-order valence-electron chi connectivity index (χ1n) is 7.52. The lowest BCUT2D eigenvalue weighted by Gasteiger charge is -2.21. The van der Waals surface area contributed by atoms with Gasteiger partial charge in [-0.1, -0.05) is 42.0 Å². The third kappa shape index (κ3) is 5.00. The van der Waals surface area contributed by atoms with Crippen LogP contribution in [0.15, 0.2) is 48.5 Å². The van der Waals surface area contributed by atoms with Crippen molar-refractivity contribution in [1.82, 2.24) is 10.6 Å². The predicted octanol–water partition coefficient (Wildman–Crippen LogP) is 2.62. The number of carbonyl (C=O) groups is 1. The van der Waals surface area contributed by atoms with Gasteiger partial charge in [0.05, 0.1) is 12.1 Å². The van der Waals surface area contributed by atoms with E-state index in [9.17, 15) is 15.0 Å². The summed E-state index contributed by atoms with van der Waals surface area (Å²) in [5, 5.41) is 25.0. The maximum atomic E-state index is 11.9. The topological polar surface area (TPSA) is 81.6 Å². The molecule has 4 N–H and O–H groups in total. The first-order valence-corrected chi connectivity index (χ1v) is 7.52. The molecule has 0 spiro atoms. The highest BCUT2D eigenvalue weighted by Crippen LogP contribution is 2.19. The smallest absolute Gasteiger partial charge is 0.315 e. The standard InChI is InChI=1S/C18H22N2O3/c1-12-3-5-14(6-4-12)11-19-18(23)20-13(2)17(22)15-7-9-16(21)10-8-15/h3-10,13,17,21-22H,11H2,1-2H3,(H2,19,20,23). The minimum absolute atomic E-state index is 0.136. The van der Waals surface area contributed by atoms with E-state index in [0.717, 1.165) is 5.56 Å². The monoisotopic (exact) mass is 314 g/mol. The summed E-state index contributed by atoms with van der Waals surface area (Å²) in [6, 6.07) is 13.4. The van der Waals surface area contributed by atoms with Gasteiger partial charge in [-0.3, -0.25) is 0 Å². The van der Waals surface area contributed by atoms with Crippen LogP contribution in [0.25, 0.3) is 0 Å². The normalized spacial score (nSPS) is 13.2. The van der Waals surface area contributed by atoms with Crippen molar-refractivity contribution in [2.24, 2.45) is 0 Å². The molecule has 23 heavy (non-hydrogen) atoms. The highest BCUT2D eigenvalue weighted by molar-refractivity contribution is 5.74. The van der Waals surface area contributed by atoms with Crippen LogP contribution in [0, 0.1) is 6.92 Å². The minimum Gasteiger partial charge on any atom is -0.508 e. The van der Waals surface area contributed by atoms with Crippen LogP contribution in [-0.4, -0.2) is 22.3 Å². The van der Waals surface area contributed by atoms with E-state index in [1.807, 2.05) is 31.2 Å². The SMILES string of the molecule is Cc1ccc(CNC(=O)NC(C)C(O)c2ccc(O)cc2)cc1. The highest BCUT2D eigenvalue weighted by atomic mass is 16.3. The van der Waals surface area contributed by atoms with Crippen LogP contribution in [0.4, 0.5) is 4.79 Å². The first kappa shape index (κ1) is 16.8. The van der Waals surface area contributed by atoms with Gasteiger partial charge in [-0.25, -0.2) is 4.79 Å². The number of carbonyl (C=O) groups excluding carboxylic acids is 1. The van der Waals surface area contributed by atoms with Crippen molar-refractivity contribution in [1.29, 1.82) is 0 Å². The zero-order valence-corrected chi connectivity index (χ0v) is 13.3. The van der Waals surface area contributed by atoms with E-state index in [-0.39, 0.29) is 11.8 Å². The summed E-state index contributed by atoms with van der Waals surface area (Å²) < 4.78 is 0. The third-order valence-corrected chi connectivity index (χ3v) is 3.64. The molecule has 2 aromatic rings. The summed E-state index contributed by atoms with van der Waals surface area (Å²) in [5.74, 6) is 0.136. The molecule has 5 nitrogen and oxygen atoms in total. The molecule has 0 aliphatic heterocycles. The number of hydrogen-bond donors (Lipinski definition) is 4. The van der Waals surface area contributed by atoms with Gasteiger partial charge in [-0.15, -0.1) is 0 Å². The lowest BCUT2D eigenvalue weighted by molar-refractivity contribution is 0.137. The zero-order chi connectivity index (χ0) is 16.8. The number of phenols is 1. The maximum Gasteiger partial charge on any atom is 0.315 e. The number of aliphatic hydroxyl groups excluding tert-OH is 1. The maximum absolute atomic E-state index is 11.9. The quantitative estimate of drug-likeness (QED) is 0.685. The minimum atomic E-state index is -0.847. The first-order chi connectivity index (χ1) is 11.0. The average molecular weight is 314 g/mol. The molecule has 2 atom stereocenters. The van der Waals surface area contributed by atoms with Gasteiger partial charge in [0, 0.05) is 6.54 Å². The van der Waals surface area contributed by atoms with Crippen molar-refractivity contribution in [3.63, 3.8) is 0 Å². The molecule has 0 aliphatic rings. The molecule has 0 aromatic heterocycles. The number of amides is 2. The molecule has 5 heteroatoms. The van der Waals surface area contributed by atoms with E-state index in [4.69, 9.17) is 0 Å². The number of rotatable bonds is 5. The van der Waals surface area contributed by atoms with Crippen molar-refractivity contribution in [3.8, 4) is 5.75 Å². The second-order valence-electron chi connectivity index (χ2n) is 5.64. The number of phenolic OH excluding ortho intramolecular Hbond substituents is 1. The summed E-state index contributed by atoms with van der Waals surface area (Å²) in [4.78, 5) is 11.9. The second-order valence-corrected chi connectivity index (χ2v) is 5.64. The lowest BCUT2D eigenvalue weighted by Crippen LogP contribution is -2.43. The molecule has 2 aromatic carbocycles. The Morgan fingerprint density at radius 1 is 1.09 bits per heavy atom. The van der Waals surface area contributed by atoms with Gasteiger partial charge in [0.2, 0.25) is 0 Å². The molecule has 0 saturated carbocycles. The van der Waals surface area contributed by atoms with Crippen molar-refractivity contribution >= 4 is 6.03 Å². The summed E-state index contributed by atoms with van der Waals surface area (Å²) in [5.41, 5.74) is 2.82. The molecule has 0 bridgehead atoms. The van der Waals surface area contributed by atoms with E-state index in [1.165, 1.54) is 17.7 Å². The number of hydrogen-bond acceptors (Lipinski definition) is 3. The number of urea groups is 1. The van der Waals surface area contributed by atoms with Crippen LogP contribution < -0.4 is 10.6 Å². The summed E-state index contributed by atoms with van der Waals surface area (Å²) in [6.07, 6.45) is -0.847. The molecule has 0 saturated heterocycles. The predicted molar refractivity (Wildman–Crippen MR) is 89.1 cm³/mol. The van der Waals surface area contributed by atoms with Gasteiger partial charge in [-0.2, -0.15) is 0 Å². The Morgan fingerprint density at radius 3 is 2.30 bits per heavy atom. The van der Waals surface area contributed by atoms with Gasteiger partial charge < -0.3 is 20.8 Å². The second kappa shape index (κ2) is 7.65. The molecule has 2 rings (SSSR count). The largest absolute Gasteiger partial charge is 0.508 e. The van der Waals surface area contributed by atoms with Gasteiger partial charge in [0.15, 0.2) is 0 Å². The van der Waals surface area contributed by atoms with E-state index >= 15 is 0 Å². The molecule has 0 radical (unpaired) electrons. The van der Waals surface area contributed by atoms with Crippen LogP contribution in [0.5, 0.6) is 5.75 Å². The Balaban J connectivity index is 1.84. The number of aliphatic hydroxyl groups is 1. The molecule has 2 unspecified atom stereocenters. The summed E-state index contributed by atoms with van der Waals surface area (Å²) in [6.45, 7) is 4.16. The van der Waals surface area contributed by atoms with Gasteiger partial charge in [0.25, 0.3) is 0 Å². The Labute approximate surface area is 136 Å². The fourth-order valence-electron chi connectivity index (χ4n) is 2.19. The van der Waals surface area contributed by atoms with Crippen molar-refractivity contribution in [2.75, 3.05) is 0 Å². The van der Waals surface area contributed by atoms with Crippen LogP contribution in [0.2, 0.25) is 0 Å². The Bertz CT molecular complexity index is 638. The van der Waals surface area contributed by atoms with E-state index in [0.29, 0.717) is 12.1 Å². The molecule has 0 fully saturated rings.